The van der Waals surface area contributed by atoms with Gasteiger partial charge < -0.3 is 5.32 Å². The molecule has 0 atom stereocenters. The predicted octanol–water partition coefficient (Wildman–Crippen LogP) is 2.99. The summed E-state index contributed by atoms with van der Waals surface area (Å²) in [5.74, 6) is 0. The Kier molecular flexibility index (Phi) is 1.82. The van der Waals surface area contributed by atoms with Crippen LogP contribution in [0, 0.1) is 3.57 Å². The lowest BCUT2D eigenvalue weighted by atomic mass is 9.87. The number of hydrogen-bond donors (Lipinski definition) is 1. The van der Waals surface area contributed by atoms with E-state index in [-0.39, 0.29) is 0 Å². The van der Waals surface area contributed by atoms with Gasteiger partial charge in [0.2, 0.25) is 0 Å². The molecule has 1 N–H and O–H groups in total. The zero-order chi connectivity index (χ0) is 8.77. The smallest absolute Gasteiger partial charge is 0.0379 e. The maximum absolute atomic E-state index is 3.41. The number of benzene rings is 1. The van der Waals surface area contributed by atoms with Crippen molar-refractivity contribution in [1.29, 1.82) is 0 Å². The molecule has 1 aliphatic rings. The first-order valence-corrected chi connectivity index (χ1v) is 5.21. The molecule has 0 unspecified atom stereocenters. The van der Waals surface area contributed by atoms with E-state index in [1.165, 1.54) is 14.8 Å². The molecule has 0 amide bonds. The number of anilines is 1. The van der Waals surface area contributed by atoms with Crippen molar-refractivity contribution in [2.24, 2.45) is 0 Å². The summed E-state index contributed by atoms with van der Waals surface area (Å²) in [6.45, 7) is 5.62. The van der Waals surface area contributed by atoms with Crippen molar-refractivity contribution in [3.05, 3.63) is 27.3 Å². The second kappa shape index (κ2) is 2.62. The van der Waals surface area contributed by atoms with E-state index in [0.29, 0.717) is 5.41 Å². The summed E-state index contributed by atoms with van der Waals surface area (Å²) in [4.78, 5) is 0. The summed E-state index contributed by atoms with van der Waals surface area (Å²) in [6, 6.07) is 6.59. The lowest BCUT2D eigenvalue weighted by Crippen LogP contribution is -2.18. The van der Waals surface area contributed by atoms with E-state index in [0.717, 1.165) is 6.54 Å². The van der Waals surface area contributed by atoms with Crippen LogP contribution in [0.15, 0.2) is 18.2 Å². The molecule has 12 heavy (non-hydrogen) atoms. The SMILES string of the molecule is CC1(C)CNc2ccc(I)cc21. The minimum atomic E-state index is 0.302. The van der Waals surface area contributed by atoms with Crippen molar-refractivity contribution in [2.45, 2.75) is 19.3 Å². The van der Waals surface area contributed by atoms with Gasteiger partial charge in [0, 0.05) is 21.2 Å². The highest BCUT2D eigenvalue weighted by Crippen LogP contribution is 2.36. The lowest BCUT2D eigenvalue weighted by Gasteiger charge is -2.16. The van der Waals surface area contributed by atoms with Crippen LogP contribution in [0.4, 0.5) is 5.69 Å². The molecular weight excluding hydrogens is 261 g/mol. The summed E-state index contributed by atoms with van der Waals surface area (Å²) in [6.07, 6.45) is 0. The maximum atomic E-state index is 3.41. The number of rotatable bonds is 0. The first kappa shape index (κ1) is 8.35. The molecule has 1 heterocycles. The van der Waals surface area contributed by atoms with E-state index in [2.05, 4.69) is 60.0 Å². The van der Waals surface area contributed by atoms with Gasteiger partial charge in [0.15, 0.2) is 0 Å². The highest BCUT2D eigenvalue weighted by molar-refractivity contribution is 14.1. The molecule has 2 rings (SSSR count). The van der Waals surface area contributed by atoms with Gasteiger partial charge in [-0.15, -0.1) is 0 Å². The number of nitrogens with one attached hydrogen (secondary N) is 1. The molecule has 64 valence electrons. The van der Waals surface area contributed by atoms with Crippen LogP contribution in [0.2, 0.25) is 0 Å². The highest BCUT2D eigenvalue weighted by Gasteiger charge is 2.29. The van der Waals surface area contributed by atoms with Crippen LogP contribution in [0.5, 0.6) is 0 Å². The molecule has 1 aromatic carbocycles. The summed E-state index contributed by atoms with van der Waals surface area (Å²) >= 11 is 2.36. The molecule has 2 heteroatoms. The molecule has 0 aromatic heterocycles. The van der Waals surface area contributed by atoms with Crippen molar-refractivity contribution in [3.8, 4) is 0 Å². The topological polar surface area (TPSA) is 12.0 Å². The quantitative estimate of drug-likeness (QED) is 0.716. The van der Waals surface area contributed by atoms with Gasteiger partial charge in [0.05, 0.1) is 0 Å². The van der Waals surface area contributed by atoms with Crippen LogP contribution >= 0.6 is 22.6 Å². The highest BCUT2D eigenvalue weighted by atomic mass is 127. The Labute approximate surface area is 86.7 Å². The minimum Gasteiger partial charge on any atom is -0.384 e. The van der Waals surface area contributed by atoms with E-state index in [1.807, 2.05) is 0 Å². The standard InChI is InChI=1S/C10H12IN/c1-10(2)6-12-9-4-3-7(11)5-8(9)10/h3-5,12H,6H2,1-2H3. The third kappa shape index (κ3) is 1.22. The van der Waals surface area contributed by atoms with Gasteiger partial charge >= 0.3 is 0 Å². The summed E-state index contributed by atoms with van der Waals surface area (Å²) in [7, 11) is 0. The average molecular weight is 273 g/mol. The van der Waals surface area contributed by atoms with E-state index in [1.54, 1.807) is 0 Å². The van der Waals surface area contributed by atoms with Gasteiger partial charge in [-0.25, -0.2) is 0 Å². The molecule has 0 fully saturated rings. The molecule has 0 radical (unpaired) electrons. The first-order chi connectivity index (χ1) is 5.59. The van der Waals surface area contributed by atoms with Crippen molar-refractivity contribution in [1.82, 2.24) is 0 Å². The van der Waals surface area contributed by atoms with Crippen LogP contribution in [-0.4, -0.2) is 6.54 Å². The zero-order valence-electron chi connectivity index (χ0n) is 7.32. The largest absolute Gasteiger partial charge is 0.384 e. The van der Waals surface area contributed by atoms with E-state index in [9.17, 15) is 0 Å². The normalized spacial score (nSPS) is 18.6. The van der Waals surface area contributed by atoms with Gasteiger partial charge in [-0.05, 0) is 46.4 Å². The third-order valence-corrected chi connectivity index (χ3v) is 3.10. The first-order valence-electron chi connectivity index (χ1n) is 4.13. The number of fused-ring (bicyclic) bond motifs is 1. The fourth-order valence-corrected chi connectivity index (χ4v) is 2.13. The van der Waals surface area contributed by atoms with Crippen LogP contribution in [0.1, 0.15) is 19.4 Å². The van der Waals surface area contributed by atoms with Crippen molar-refractivity contribution < 1.29 is 0 Å². The second-order valence-electron chi connectivity index (χ2n) is 3.93. The number of halogens is 1. The molecule has 1 nitrogen and oxygen atoms in total. The van der Waals surface area contributed by atoms with Gasteiger partial charge in [0.1, 0.15) is 0 Å². The molecule has 0 bridgehead atoms. The third-order valence-electron chi connectivity index (χ3n) is 2.43. The molecule has 1 aromatic rings. The van der Waals surface area contributed by atoms with E-state index in [4.69, 9.17) is 0 Å². The molecule has 0 saturated heterocycles. The van der Waals surface area contributed by atoms with Crippen molar-refractivity contribution in [2.75, 3.05) is 11.9 Å². The minimum absolute atomic E-state index is 0.302. The van der Waals surface area contributed by atoms with Crippen LogP contribution in [0.3, 0.4) is 0 Å². The fourth-order valence-electron chi connectivity index (χ4n) is 1.64. The van der Waals surface area contributed by atoms with Crippen molar-refractivity contribution >= 4 is 28.3 Å². The molecule has 0 aliphatic carbocycles. The Bertz CT molecular complexity index is 318. The summed E-state index contributed by atoms with van der Waals surface area (Å²) < 4.78 is 1.32. The maximum Gasteiger partial charge on any atom is 0.0379 e. The molecular formula is C10H12IN. The lowest BCUT2D eigenvalue weighted by molar-refractivity contribution is 0.586. The van der Waals surface area contributed by atoms with Crippen LogP contribution < -0.4 is 5.32 Å². The predicted molar refractivity (Wildman–Crippen MR) is 60.7 cm³/mol. The summed E-state index contributed by atoms with van der Waals surface area (Å²) in [5.41, 5.74) is 3.06. The molecule has 0 saturated carbocycles. The van der Waals surface area contributed by atoms with Crippen LogP contribution in [-0.2, 0) is 5.41 Å². The second-order valence-corrected chi connectivity index (χ2v) is 5.17. The monoisotopic (exact) mass is 273 g/mol. The van der Waals surface area contributed by atoms with Gasteiger partial charge in [-0.3, -0.25) is 0 Å². The van der Waals surface area contributed by atoms with Gasteiger partial charge in [-0.2, -0.15) is 0 Å². The fraction of sp³-hybridized carbons (Fsp3) is 0.400. The van der Waals surface area contributed by atoms with E-state index < -0.39 is 0 Å². The average Bonchev–Trinajstić information content (AvgIpc) is 2.28. The Morgan fingerprint density at radius 2 is 2.17 bits per heavy atom. The zero-order valence-corrected chi connectivity index (χ0v) is 9.47. The molecule has 1 aliphatic heterocycles. The Morgan fingerprint density at radius 1 is 1.42 bits per heavy atom. The Hall–Kier alpha value is -0.250. The van der Waals surface area contributed by atoms with Crippen molar-refractivity contribution in [3.63, 3.8) is 0 Å². The van der Waals surface area contributed by atoms with Gasteiger partial charge in [0.25, 0.3) is 0 Å². The van der Waals surface area contributed by atoms with Gasteiger partial charge in [-0.1, -0.05) is 13.8 Å². The van der Waals surface area contributed by atoms with E-state index >= 15 is 0 Å². The summed E-state index contributed by atoms with van der Waals surface area (Å²) in [5, 5.41) is 3.41. The number of hydrogen-bond acceptors (Lipinski definition) is 1. The Morgan fingerprint density at radius 3 is 2.92 bits per heavy atom. The Balaban J connectivity index is 2.57. The molecule has 0 spiro atoms. The van der Waals surface area contributed by atoms with Crippen LogP contribution in [0.25, 0.3) is 0 Å².